The van der Waals surface area contributed by atoms with E-state index in [1.807, 2.05) is 6.08 Å². The molecule has 0 bridgehead atoms. The minimum absolute atomic E-state index is 0.0576. The third-order valence-corrected chi connectivity index (χ3v) is 3.26. The molecule has 1 saturated carbocycles. The van der Waals surface area contributed by atoms with Gasteiger partial charge in [-0.1, -0.05) is 38.0 Å². The monoisotopic (exact) mass is 244 g/mol. The second kappa shape index (κ2) is 6.21. The predicted octanol–water partition coefficient (Wildman–Crippen LogP) is 2.66. The summed E-state index contributed by atoms with van der Waals surface area (Å²) in [5.41, 5.74) is 0.705. The first-order valence-electron chi connectivity index (χ1n) is 5.68. The van der Waals surface area contributed by atoms with Crippen LogP contribution in [0.4, 0.5) is 0 Å². The molecule has 0 aliphatic heterocycles. The summed E-state index contributed by atoms with van der Waals surface area (Å²) < 4.78 is 26.2. The van der Waals surface area contributed by atoms with Crippen LogP contribution in [0.5, 0.6) is 0 Å². The Kier molecular flexibility index (Phi) is 5.22. The van der Waals surface area contributed by atoms with E-state index in [-0.39, 0.29) is 6.61 Å². The molecule has 0 aromatic rings. The van der Waals surface area contributed by atoms with Crippen LogP contribution in [0.3, 0.4) is 0 Å². The van der Waals surface area contributed by atoms with Crippen LogP contribution < -0.4 is 0 Å². The highest BCUT2D eigenvalue weighted by Crippen LogP contribution is 2.24. The largest absolute Gasteiger partial charge is 0.266 e. The maximum Gasteiger partial charge on any atom is 0.264 e. The summed E-state index contributed by atoms with van der Waals surface area (Å²) in [6, 6.07) is 0. The SMILES string of the molecule is C=C(/C=C/C1CCCCC1)COS(C)(=O)=O. The molecule has 0 aromatic carbocycles. The van der Waals surface area contributed by atoms with E-state index >= 15 is 0 Å². The van der Waals surface area contributed by atoms with Gasteiger partial charge in [0.15, 0.2) is 0 Å². The average Bonchev–Trinajstić information content (AvgIpc) is 2.24. The van der Waals surface area contributed by atoms with Crippen molar-refractivity contribution >= 4 is 10.1 Å². The lowest BCUT2D eigenvalue weighted by molar-refractivity contribution is 0.355. The predicted molar refractivity (Wildman–Crippen MR) is 65.7 cm³/mol. The molecular formula is C12H20O3S. The van der Waals surface area contributed by atoms with Gasteiger partial charge in [0.05, 0.1) is 12.9 Å². The molecule has 92 valence electrons. The number of allylic oxidation sites excluding steroid dienone is 1. The summed E-state index contributed by atoms with van der Waals surface area (Å²) in [6.45, 7) is 3.82. The zero-order valence-electron chi connectivity index (χ0n) is 9.81. The van der Waals surface area contributed by atoms with Crippen molar-refractivity contribution in [2.24, 2.45) is 5.92 Å². The van der Waals surface area contributed by atoms with Crippen molar-refractivity contribution in [1.82, 2.24) is 0 Å². The standard InChI is InChI=1S/C12H20O3S/c1-11(10-15-16(2,13)14)8-9-12-6-4-3-5-7-12/h8-9,12H,1,3-7,10H2,2H3/b9-8+. The van der Waals surface area contributed by atoms with Crippen LogP contribution in [0.25, 0.3) is 0 Å². The van der Waals surface area contributed by atoms with Crippen molar-refractivity contribution in [3.63, 3.8) is 0 Å². The first kappa shape index (κ1) is 13.5. The first-order valence-corrected chi connectivity index (χ1v) is 7.49. The second-order valence-corrected chi connectivity index (χ2v) is 6.03. The average molecular weight is 244 g/mol. The maximum atomic E-state index is 10.8. The van der Waals surface area contributed by atoms with Crippen molar-refractivity contribution in [3.05, 3.63) is 24.3 Å². The third kappa shape index (κ3) is 6.08. The molecule has 0 radical (unpaired) electrons. The number of hydrogen-bond donors (Lipinski definition) is 0. The van der Waals surface area contributed by atoms with Crippen molar-refractivity contribution < 1.29 is 12.6 Å². The van der Waals surface area contributed by atoms with E-state index in [1.165, 1.54) is 32.1 Å². The lowest BCUT2D eigenvalue weighted by Gasteiger charge is -2.17. The molecule has 16 heavy (non-hydrogen) atoms. The molecule has 0 atom stereocenters. The quantitative estimate of drug-likeness (QED) is 0.551. The van der Waals surface area contributed by atoms with Gasteiger partial charge in [-0.05, 0) is 24.3 Å². The molecule has 1 rings (SSSR count). The Morgan fingerprint density at radius 2 is 2.00 bits per heavy atom. The van der Waals surface area contributed by atoms with E-state index in [1.54, 1.807) is 0 Å². The normalized spacial score (nSPS) is 19.1. The Bertz CT molecular complexity index is 348. The Labute approximate surface area is 98.3 Å². The number of hydrogen-bond acceptors (Lipinski definition) is 3. The van der Waals surface area contributed by atoms with Gasteiger partial charge in [-0.25, -0.2) is 0 Å². The van der Waals surface area contributed by atoms with Crippen LogP contribution in [-0.4, -0.2) is 21.3 Å². The van der Waals surface area contributed by atoms with Gasteiger partial charge in [-0.2, -0.15) is 8.42 Å². The molecule has 0 unspecified atom stereocenters. The molecule has 1 aliphatic carbocycles. The minimum atomic E-state index is -3.36. The summed E-state index contributed by atoms with van der Waals surface area (Å²) in [4.78, 5) is 0. The summed E-state index contributed by atoms with van der Waals surface area (Å²) in [7, 11) is -3.36. The van der Waals surface area contributed by atoms with Gasteiger partial charge < -0.3 is 0 Å². The molecule has 1 aliphatic rings. The van der Waals surface area contributed by atoms with E-state index in [0.717, 1.165) is 6.26 Å². The fraction of sp³-hybridized carbons (Fsp3) is 0.667. The van der Waals surface area contributed by atoms with Crippen molar-refractivity contribution in [2.45, 2.75) is 32.1 Å². The highest BCUT2D eigenvalue weighted by molar-refractivity contribution is 7.85. The molecule has 0 amide bonds. The maximum absolute atomic E-state index is 10.8. The molecular weight excluding hydrogens is 224 g/mol. The highest BCUT2D eigenvalue weighted by atomic mass is 32.2. The van der Waals surface area contributed by atoms with Gasteiger partial charge in [0.1, 0.15) is 0 Å². The molecule has 0 aromatic heterocycles. The van der Waals surface area contributed by atoms with Gasteiger partial charge in [-0.3, -0.25) is 4.18 Å². The van der Waals surface area contributed by atoms with Gasteiger partial charge in [0.25, 0.3) is 10.1 Å². The van der Waals surface area contributed by atoms with Crippen LogP contribution in [0, 0.1) is 5.92 Å². The molecule has 1 fully saturated rings. The fourth-order valence-electron chi connectivity index (χ4n) is 1.83. The van der Waals surface area contributed by atoms with Crippen molar-refractivity contribution in [3.8, 4) is 0 Å². The number of rotatable bonds is 5. The van der Waals surface area contributed by atoms with Crippen LogP contribution in [0.2, 0.25) is 0 Å². The summed E-state index contributed by atoms with van der Waals surface area (Å²) in [5.74, 6) is 0.628. The van der Waals surface area contributed by atoms with Crippen LogP contribution in [0.15, 0.2) is 24.3 Å². The van der Waals surface area contributed by atoms with Gasteiger partial charge in [-0.15, -0.1) is 0 Å². The molecule has 4 heteroatoms. The Morgan fingerprint density at radius 1 is 1.38 bits per heavy atom. The molecule has 0 saturated heterocycles. The molecule has 0 spiro atoms. The van der Waals surface area contributed by atoms with Gasteiger partial charge in [0.2, 0.25) is 0 Å². The second-order valence-electron chi connectivity index (χ2n) is 4.38. The van der Waals surface area contributed by atoms with E-state index in [0.29, 0.717) is 11.5 Å². The first-order chi connectivity index (χ1) is 7.47. The van der Waals surface area contributed by atoms with Gasteiger partial charge >= 0.3 is 0 Å². The smallest absolute Gasteiger partial charge is 0.264 e. The minimum Gasteiger partial charge on any atom is -0.266 e. The zero-order valence-corrected chi connectivity index (χ0v) is 10.6. The topological polar surface area (TPSA) is 43.4 Å². The Morgan fingerprint density at radius 3 is 2.56 bits per heavy atom. The van der Waals surface area contributed by atoms with Crippen LogP contribution >= 0.6 is 0 Å². The van der Waals surface area contributed by atoms with E-state index in [2.05, 4.69) is 16.8 Å². The lowest BCUT2D eigenvalue weighted by atomic mass is 9.89. The van der Waals surface area contributed by atoms with E-state index < -0.39 is 10.1 Å². The Hall–Kier alpha value is -0.610. The summed E-state index contributed by atoms with van der Waals surface area (Å²) in [5, 5.41) is 0. The highest BCUT2D eigenvalue weighted by Gasteiger charge is 2.09. The van der Waals surface area contributed by atoms with Crippen LogP contribution in [0.1, 0.15) is 32.1 Å². The van der Waals surface area contributed by atoms with Crippen molar-refractivity contribution in [2.75, 3.05) is 12.9 Å². The summed E-state index contributed by atoms with van der Waals surface area (Å²) >= 11 is 0. The van der Waals surface area contributed by atoms with E-state index in [9.17, 15) is 8.42 Å². The zero-order chi connectivity index (χ0) is 12.0. The van der Waals surface area contributed by atoms with Crippen molar-refractivity contribution in [1.29, 1.82) is 0 Å². The lowest BCUT2D eigenvalue weighted by Crippen LogP contribution is -2.06. The molecule has 0 N–H and O–H groups in total. The fourth-order valence-corrected chi connectivity index (χ4v) is 2.20. The molecule has 0 heterocycles. The molecule has 3 nitrogen and oxygen atoms in total. The van der Waals surface area contributed by atoms with Crippen LogP contribution in [-0.2, 0) is 14.3 Å². The van der Waals surface area contributed by atoms with Gasteiger partial charge in [0, 0.05) is 0 Å². The Balaban J connectivity index is 2.30. The summed E-state index contributed by atoms with van der Waals surface area (Å²) in [6.07, 6.45) is 11.5. The van der Waals surface area contributed by atoms with E-state index in [4.69, 9.17) is 0 Å². The third-order valence-electron chi connectivity index (χ3n) is 2.71.